The Kier molecular flexibility index (Phi) is 24.7. The lowest BCUT2D eigenvalue weighted by molar-refractivity contribution is 0.825. The third-order valence-electron chi connectivity index (χ3n) is 27.2. The van der Waals surface area contributed by atoms with Crippen molar-refractivity contribution in [2.75, 3.05) is 11.5 Å². The van der Waals surface area contributed by atoms with E-state index in [1.165, 1.54) is 128 Å². The van der Waals surface area contributed by atoms with Gasteiger partial charge in [-0.05, 0) is 101 Å². The first kappa shape index (κ1) is 85.3. The summed E-state index contributed by atoms with van der Waals surface area (Å²) in [5, 5.41) is 29.3. The maximum absolute atomic E-state index is 6.69. The number of hydrogen-bond donors (Lipinski definition) is 2. The van der Waals surface area contributed by atoms with Crippen molar-refractivity contribution in [1.29, 1.82) is 0 Å². The fraction of sp³-hybridized carbons (Fsp3) is 0.192. The largest absolute Gasteiger partial charge is 0.399 e. The molecule has 0 saturated heterocycles. The van der Waals surface area contributed by atoms with Gasteiger partial charge in [-0.15, -0.1) is 34.0 Å². The van der Waals surface area contributed by atoms with Gasteiger partial charge in [0, 0.05) is 23.2 Å². The standard InChI is InChI=1S/2C52H57NSi4.2BrH/c2*1-54(2,38-20-12-9-13-21-38)41-28-30-45-43(32-34-50(47(45)36-41)55(3,4)39-22-14-10-15-23-39)44-33-35-51(56(5,6)40-24-16-11-17-25-40)48-37-42(29-31-46(44)48)57(7,8)52-27-19-18-26-49(52)53;;/h2*9-32,34-37,44H,33,53H2,1-8H3;2*1H/t2*44-;;/m11../s1. The summed E-state index contributed by atoms with van der Waals surface area (Å²) < 4.78 is 0. The van der Waals surface area contributed by atoms with Gasteiger partial charge in [0.2, 0.25) is 0 Å². The minimum atomic E-state index is -2.11. The molecular formula is C104H116Br2N2Si8. The Morgan fingerprint density at radius 1 is 0.207 bits per heavy atom. The predicted octanol–water partition coefficient (Wildman–Crippen LogP) is 19.1. The molecule has 14 aromatic rings. The Balaban J connectivity index is 0.000000198. The number of rotatable bonds is 18. The van der Waals surface area contributed by atoms with Crippen LogP contribution in [0.5, 0.6) is 0 Å². The van der Waals surface area contributed by atoms with E-state index in [2.05, 4.69) is 444 Å². The molecule has 116 heavy (non-hydrogen) atoms. The van der Waals surface area contributed by atoms with Gasteiger partial charge in [0.1, 0.15) is 64.6 Å². The molecular weight excluding hydrogens is 1660 g/mol. The number of benzene rings is 14. The van der Waals surface area contributed by atoms with Crippen LogP contribution in [-0.2, 0) is 0 Å². The van der Waals surface area contributed by atoms with Crippen molar-refractivity contribution in [2.24, 2.45) is 0 Å². The van der Waals surface area contributed by atoms with E-state index < -0.39 is 64.6 Å². The molecule has 0 spiro atoms. The number of nitrogens with two attached hydrogens (primary N) is 2. The van der Waals surface area contributed by atoms with Crippen molar-refractivity contribution in [2.45, 2.75) is 129 Å². The maximum atomic E-state index is 6.69. The lowest BCUT2D eigenvalue weighted by atomic mass is 9.80. The quantitative estimate of drug-likeness (QED) is 0.0664. The Morgan fingerprint density at radius 3 is 0.750 bits per heavy atom. The second-order valence-electron chi connectivity index (χ2n) is 36.7. The molecule has 16 rings (SSSR count). The van der Waals surface area contributed by atoms with E-state index in [1.807, 2.05) is 0 Å². The first-order valence-electron chi connectivity index (χ1n) is 41.3. The van der Waals surface area contributed by atoms with Gasteiger partial charge in [-0.2, -0.15) is 0 Å². The summed E-state index contributed by atoms with van der Waals surface area (Å²) >= 11 is 0. The molecule has 0 aromatic heterocycles. The number of hydrogen-bond acceptors (Lipinski definition) is 2. The van der Waals surface area contributed by atoms with Gasteiger partial charge in [0.25, 0.3) is 0 Å². The normalized spacial score (nSPS) is 14.7. The molecule has 12 heteroatoms. The van der Waals surface area contributed by atoms with Crippen LogP contribution in [0, 0.1) is 0 Å². The van der Waals surface area contributed by atoms with Crippen LogP contribution in [-0.4, -0.2) is 64.6 Å². The fourth-order valence-electron chi connectivity index (χ4n) is 19.4. The highest BCUT2D eigenvalue weighted by Crippen LogP contribution is 2.46. The number of anilines is 2. The van der Waals surface area contributed by atoms with Gasteiger partial charge >= 0.3 is 0 Å². The topological polar surface area (TPSA) is 52.0 Å². The Bertz CT molecular complexity index is 5600. The average molecular weight is 1780 g/mol. The van der Waals surface area contributed by atoms with Gasteiger partial charge in [-0.1, -0.05) is 495 Å². The minimum Gasteiger partial charge on any atom is -0.399 e. The number of nitrogen functional groups attached to an aromatic ring is 2. The number of para-hydroxylation sites is 2. The number of halogens is 2. The van der Waals surface area contributed by atoms with Gasteiger partial charge < -0.3 is 11.5 Å². The van der Waals surface area contributed by atoms with Crippen LogP contribution in [0.2, 0.25) is 105 Å². The van der Waals surface area contributed by atoms with Crippen molar-refractivity contribution in [3.63, 3.8) is 0 Å². The lowest BCUT2D eigenvalue weighted by Gasteiger charge is -2.36. The molecule has 0 bridgehead atoms. The molecule has 0 aliphatic heterocycles. The summed E-state index contributed by atoms with van der Waals surface area (Å²) in [6.45, 7) is 40.2. The molecule has 4 N–H and O–H groups in total. The molecule has 0 unspecified atom stereocenters. The van der Waals surface area contributed by atoms with Crippen LogP contribution in [0.25, 0.3) is 31.9 Å². The van der Waals surface area contributed by atoms with Gasteiger partial charge in [-0.25, -0.2) is 0 Å². The molecule has 2 nitrogen and oxygen atoms in total. The highest BCUT2D eigenvalue weighted by atomic mass is 79.9. The van der Waals surface area contributed by atoms with Crippen molar-refractivity contribution in [3.8, 4) is 0 Å². The summed E-state index contributed by atoms with van der Waals surface area (Å²) in [4.78, 5) is 0. The number of allylic oxidation sites excluding steroid dienone is 2. The van der Waals surface area contributed by atoms with E-state index in [9.17, 15) is 0 Å². The summed E-state index contributed by atoms with van der Waals surface area (Å²) in [5.74, 6) is 0.515. The Hall–Kier alpha value is -8.62. The van der Waals surface area contributed by atoms with Gasteiger partial charge in [0.05, 0.1) is 0 Å². The second kappa shape index (κ2) is 33.6. The fourth-order valence-corrected chi connectivity index (χ4v) is 40.6. The number of fused-ring (bicyclic) bond motifs is 4. The predicted molar refractivity (Wildman–Crippen MR) is 545 cm³/mol. The molecule has 14 aromatic carbocycles. The zero-order chi connectivity index (χ0) is 80.3. The molecule has 2 atom stereocenters. The summed E-state index contributed by atoms with van der Waals surface area (Å²) in [5.41, 5.74) is 23.9. The minimum absolute atomic E-state index is 0. The van der Waals surface area contributed by atoms with E-state index in [0.717, 1.165) is 24.2 Å². The molecule has 0 saturated carbocycles. The van der Waals surface area contributed by atoms with Gasteiger partial charge in [-0.3, -0.25) is 0 Å². The van der Waals surface area contributed by atoms with Crippen molar-refractivity contribution >= 4 is 214 Å². The van der Waals surface area contributed by atoms with E-state index in [1.54, 1.807) is 10.4 Å². The summed E-state index contributed by atoms with van der Waals surface area (Å²) in [6.07, 6.45) is 7.28. The lowest BCUT2D eigenvalue weighted by Crippen LogP contribution is -2.54. The van der Waals surface area contributed by atoms with Crippen LogP contribution >= 0.6 is 34.0 Å². The van der Waals surface area contributed by atoms with Crippen LogP contribution in [0.4, 0.5) is 11.4 Å². The highest BCUT2D eigenvalue weighted by Gasteiger charge is 2.42. The Labute approximate surface area is 722 Å². The van der Waals surface area contributed by atoms with Crippen molar-refractivity contribution in [3.05, 3.63) is 373 Å². The molecule has 2 aliphatic rings. The summed E-state index contributed by atoms with van der Waals surface area (Å²) in [6, 6.07) is 125. The van der Waals surface area contributed by atoms with Crippen LogP contribution in [0.3, 0.4) is 0 Å². The van der Waals surface area contributed by atoms with Gasteiger partial charge in [0.15, 0.2) is 0 Å². The van der Waals surface area contributed by atoms with E-state index in [4.69, 9.17) is 11.5 Å². The smallest absolute Gasteiger partial charge is 0.114 e. The highest BCUT2D eigenvalue weighted by molar-refractivity contribution is 8.93. The maximum Gasteiger partial charge on any atom is 0.114 e. The SMILES string of the molecule is Br.Br.C[Si](C)(C1=CC[C@H](c2ccc([Si](C)(C)c3ccccc3)c3cc([Si](C)(C)c4ccccc4)ccc23)c2ccc([Si](C)(C)c3ccccc3N)cc21)c1ccccc1.C[Si](C)(C1=CC[C@H](c2ccc([Si](C)(C)c3ccccc3)c3cc([Si](C)(C)c4ccccc4)ccc23)c2ccc([Si](C)(C)c3ccccc3N)cc21)c1ccccc1. The van der Waals surface area contributed by atoms with E-state index in [-0.39, 0.29) is 45.8 Å². The van der Waals surface area contributed by atoms with Crippen LogP contribution < -0.4 is 84.1 Å². The van der Waals surface area contributed by atoms with Crippen LogP contribution in [0.1, 0.15) is 58.1 Å². The molecule has 0 fully saturated rings. The summed E-state index contributed by atoms with van der Waals surface area (Å²) in [7, 11) is -16.4. The molecule has 0 amide bonds. The van der Waals surface area contributed by atoms with Crippen molar-refractivity contribution < 1.29 is 0 Å². The monoisotopic (exact) mass is 1770 g/mol. The Morgan fingerprint density at radius 2 is 0.448 bits per heavy atom. The molecule has 588 valence electrons. The zero-order valence-electron chi connectivity index (χ0n) is 70.9. The zero-order valence-corrected chi connectivity index (χ0v) is 82.3. The van der Waals surface area contributed by atoms with Crippen molar-refractivity contribution in [1.82, 2.24) is 0 Å². The third-order valence-corrected chi connectivity index (χ3v) is 55.7. The van der Waals surface area contributed by atoms with E-state index in [0.29, 0.717) is 0 Å². The average Bonchev–Trinajstić information content (AvgIpc) is 0.732. The first-order chi connectivity index (χ1) is 54.4. The third kappa shape index (κ3) is 15.8. The molecule has 0 radical (unpaired) electrons. The molecule has 2 aliphatic carbocycles. The second-order valence-corrected chi connectivity index (χ2v) is 71.7. The van der Waals surface area contributed by atoms with Crippen LogP contribution in [0.15, 0.2) is 340 Å². The van der Waals surface area contributed by atoms with E-state index >= 15 is 0 Å². The molecule has 0 heterocycles. The first-order valence-corrected chi connectivity index (χ1v) is 65.3.